The van der Waals surface area contributed by atoms with Gasteiger partial charge in [0, 0.05) is 28.2 Å². The van der Waals surface area contributed by atoms with Gasteiger partial charge in [-0.3, -0.25) is 4.79 Å². The van der Waals surface area contributed by atoms with Crippen LogP contribution >= 0.6 is 0 Å². The molecule has 9 nitrogen and oxygen atoms in total. The number of nitrogens with zero attached hydrogens (tertiary/aromatic N) is 1. The smallest absolute Gasteiger partial charge is 0.410 e. The Balaban J connectivity index is 1.43. The Morgan fingerprint density at radius 2 is 1.63 bits per heavy atom. The summed E-state index contributed by atoms with van der Waals surface area (Å²) in [5, 5.41) is 24.4. The van der Waals surface area contributed by atoms with Gasteiger partial charge in [0.2, 0.25) is 0 Å². The molecule has 0 spiro atoms. The summed E-state index contributed by atoms with van der Waals surface area (Å²) in [6.07, 6.45) is 8.11. The average Bonchev–Trinajstić information content (AvgIpc) is 3.47. The maximum atomic E-state index is 14.7. The van der Waals surface area contributed by atoms with Gasteiger partial charge in [-0.1, -0.05) is 57.9 Å². The first kappa shape index (κ1) is 44.2. The van der Waals surface area contributed by atoms with Crippen LogP contribution < -0.4 is 14.2 Å². The second-order valence-electron chi connectivity index (χ2n) is 18.3. The predicted octanol–water partition coefficient (Wildman–Crippen LogP) is 10.1. The summed E-state index contributed by atoms with van der Waals surface area (Å²) in [5.74, 6) is 2.63. The standard InChI is InChI=1S/C50H67NO8/c1-32(2)41-21-12-34(4)26-46(41)59-48(54)51(30-37-16-20-40(57-7)29-45(37)58-8)31-50(55)25-23-44-42-22-13-35(27-38(52)17-11-33(3)10-9-24-49(44,50)5)28-43(42)47(53)36-14-18-39(56-6)19-15-36/h10,13-16,18-20,22,28-29,32,34,38,41,44,46,52,55H,9,11-12,17,21,23-27,30-31H2,1-8H3. The lowest BCUT2D eigenvalue weighted by Crippen LogP contribution is -2.54. The molecule has 2 bridgehead atoms. The molecule has 59 heavy (non-hydrogen) atoms. The summed E-state index contributed by atoms with van der Waals surface area (Å²) in [5.41, 5.74) is 2.76. The molecule has 4 aliphatic carbocycles. The van der Waals surface area contributed by atoms with E-state index in [1.807, 2.05) is 36.4 Å². The van der Waals surface area contributed by atoms with Gasteiger partial charge in [-0.2, -0.15) is 0 Å². The molecule has 3 aromatic carbocycles. The molecule has 0 aliphatic heterocycles. The number of carbonyl (C=O) groups excluding carboxylic acids is 2. The van der Waals surface area contributed by atoms with Crippen molar-refractivity contribution in [3.8, 4) is 17.2 Å². The summed E-state index contributed by atoms with van der Waals surface area (Å²) in [7, 11) is 4.82. The van der Waals surface area contributed by atoms with Crippen LogP contribution in [0.3, 0.4) is 0 Å². The molecule has 3 aromatic rings. The van der Waals surface area contributed by atoms with Gasteiger partial charge < -0.3 is 34.1 Å². The Labute approximate surface area is 352 Å². The third-order valence-corrected chi connectivity index (χ3v) is 14.0. The zero-order valence-electron chi connectivity index (χ0n) is 36.6. The van der Waals surface area contributed by atoms with E-state index in [4.69, 9.17) is 18.9 Å². The molecule has 9 heteroatoms. The Morgan fingerprint density at radius 1 is 0.898 bits per heavy atom. The Bertz CT molecular complexity index is 1960. The van der Waals surface area contributed by atoms with Crippen LogP contribution in [0, 0.1) is 23.2 Å². The number of rotatable bonds is 11. The minimum atomic E-state index is -1.35. The van der Waals surface area contributed by atoms with Crippen LogP contribution in [0.1, 0.15) is 131 Å². The number of carbonyl (C=O) groups is 2. The highest BCUT2D eigenvalue weighted by molar-refractivity contribution is 6.10. The van der Waals surface area contributed by atoms with E-state index < -0.39 is 23.2 Å². The molecule has 0 radical (unpaired) electrons. The van der Waals surface area contributed by atoms with Crippen molar-refractivity contribution in [3.05, 3.63) is 100 Å². The Hall–Kier alpha value is -4.34. The van der Waals surface area contributed by atoms with Gasteiger partial charge in [-0.15, -0.1) is 0 Å². The molecule has 0 aromatic heterocycles. The number of ketones is 1. The monoisotopic (exact) mass is 809 g/mol. The first-order chi connectivity index (χ1) is 28.2. The van der Waals surface area contributed by atoms with E-state index in [0.717, 1.165) is 42.4 Å². The molecule has 2 saturated carbocycles. The number of aliphatic hydroxyl groups is 2. The van der Waals surface area contributed by atoms with Gasteiger partial charge in [0.1, 0.15) is 23.4 Å². The summed E-state index contributed by atoms with van der Waals surface area (Å²) in [6.45, 7) is 11.1. The van der Waals surface area contributed by atoms with E-state index >= 15 is 0 Å². The van der Waals surface area contributed by atoms with Gasteiger partial charge in [0.05, 0.1) is 46.1 Å². The zero-order valence-corrected chi connectivity index (χ0v) is 36.6. The third-order valence-electron chi connectivity index (χ3n) is 14.0. The van der Waals surface area contributed by atoms with Crippen molar-refractivity contribution >= 4 is 11.9 Å². The minimum Gasteiger partial charge on any atom is -0.497 e. The maximum absolute atomic E-state index is 14.7. The number of allylic oxidation sites excluding steroid dienone is 2. The fraction of sp³-hybridized carbons (Fsp3) is 0.560. The highest BCUT2D eigenvalue weighted by Gasteiger charge is 2.58. The number of aliphatic hydroxyl groups excluding tert-OH is 1. The fourth-order valence-corrected chi connectivity index (χ4v) is 10.2. The topological polar surface area (TPSA) is 115 Å². The number of ether oxygens (including phenoxy) is 4. The average molecular weight is 810 g/mol. The molecule has 7 unspecified atom stereocenters. The van der Waals surface area contributed by atoms with Crippen molar-refractivity contribution in [1.29, 1.82) is 0 Å². The zero-order chi connectivity index (χ0) is 42.5. The number of methoxy groups -OCH3 is 3. The number of amides is 1. The molecule has 7 atom stereocenters. The molecular formula is C50H67NO8. The van der Waals surface area contributed by atoms with Crippen molar-refractivity contribution in [2.24, 2.45) is 23.2 Å². The second-order valence-corrected chi connectivity index (χ2v) is 18.3. The summed E-state index contributed by atoms with van der Waals surface area (Å²) in [4.78, 5) is 31.0. The molecule has 0 heterocycles. The van der Waals surface area contributed by atoms with Crippen LogP contribution in [0.5, 0.6) is 17.2 Å². The first-order valence-electron chi connectivity index (χ1n) is 21.7. The molecule has 2 fully saturated rings. The van der Waals surface area contributed by atoms with Crippen LogP contribution in [-0.4, -0.2) is 72.7 Å². The third kappa shape index (κ3) is 9.84. The largest absolute Gasteiger partial charge is 0.497 e. The number of fused-ring (bicyclic) bond motifs is 8. The normalized spacial score (nSPS) is 27.3. The molecule has 7 rings (SSSR count). The lowest BCUT2D eigenvalue weighted by molar-refractivity contribution is -0.0877. The summed E-state index contributed by atoms with van der Waals surface area (Å²) < 4.78 is 23.2. The van der Waals surface area contributed by atoms with Gasteiger partial charge in [-0.25, -0.2) is 4.79 Å². The van der Waals surface area contributed by atoms with E-state index in [1.54, 1.807) is 50.5 Å². The highest BCUT2D eigenvalue weighted by atomic mass is 16.6. The van der Waals surface area contributed by atoms with E-state index in [0.29, 0.717) is 78.7 Å². The van der Waals surface area contributed by atoms with Gasteiger partial charge in [0.25, 0.3) is 0 Å². The lowest BCUT2D eigenvalue weighted by Gasteiger charge is -2.46. The summed E-state index contributed by atoms with van der Waals surface area (Å²) >= 11 is 0. The molecule has 320 valence electrons. The first-order valence-corrected chi connectivity index (χ1v) is 21.7. The van der Waals surface area contributed by atoms with Gasteiger partial charge in [0.15, 0.2) is 5.78 Å². The quantitative estimate of drug-likeness (QED) is 0.145. The summed E-state index contributed by atoms with van der Waals surface area (Å²) in [6, 6.07) is 18.8. The van der Waals surface area contributed by atoms with Crippen LogP contribution in [0.25, 0.3) is 0 Å². The predicted molar refractivity (Wildman–Crippen MR) is 231 cm³/mol. The van der Waals surface area contributed by atoms with Crippen LogP contribution in [-0.2, 0) is 17.7 Å². The fourth-order valence-electron chi connectivity index (χ4n) is 10.2. The Kier molecular flexibility index (Phi) is 14.2. The highest BCUT2D eigenvalue weighted by Crippen LogP contribution is 2.59. The molecular weight excluding hydrogens is 743 g/mol. The van der Waals surface area contributed by atoms with Crippen molar-refractivity contribution in [1.82, 2.24) is 4.90 Å². The van der Waals surface area contributed by atoms with E-state index in [9.17, 15) is 19.8 Å². The SMILES string of the molecule is COc1ccc(C(=O)c2cc3ccc2C2CCC(O)(CN(Cc4ccc(OC)cc4OC)C(=O)OC4CC(C)CCC4C(C)C)C2(C)CCC=C(C)CCC(O)C3)cc1. The second kappa shape index (κ2) is 18.9. The van der Waals surface area contributed by atoms with E-state index in [2.05, 4.69) is 40.7 Å². The minimum absolute atomic E-state index is 0.0391. The van der Waals surface area contributed by atoms with Crippen LogP contribution in [0.4, 0.5) is 4.79 Å². The van der Waals surface area contributed by atoms with Gasteiger partial charge >= 0.3 is 6.09 Å². The van der Waals surface area contributed by atoms with Crippen molar-refractivity contribution in [2.75, 3.05) is 27.9 Å². The van der Waals surface area contributed by atoms with E-state index in [1.165, 1.54) is 5.57 Å². The number of hydrogen-bond donors (Lipinski definition) is 2. The molecule has 0 saturated heterocycles. The van der Waals surface area contributed by atoms with Crippen LogP contribution in [0.2, 0.25) is 0 Å². The lowest BCUT2D eigenvalue weighted by atomic mass is 9.64. The van der Waals surface area contributed by atoms with Crippen molar-refractivity contribution in [3.63, 3.8) is 0 Å². The van der Waals surface area contributed by atoms with Crippen molar-refractivity contribution in [2.45, 2.75) is 129 Å². The van der Waals surface area contributed by atoms with Crippen LogP contribution in [0.15, 0.2) is 72.3 Å². The van der Waals surface area contributed by atoms with Crippen molar-refractivity contribution < 1.29 is 38.7 Å². The number of hydrogen-bond acceptors (Lipinski definition) is 8. The maximum Gasteiger partial charge on any atom is 0.410 e. The molecule has 1 amide bonds. The number of benzene rings is 3. The van der Waals surface area contributed by atoms with Gasteiger partial charge in [-0.05, 0) is 142 Å². The van der Waals surface area contributed by atoms with E-state index in [-0.39, 0.29) is 36.8 Å². The Morgan fingerprint density at radius 3 is 2.32 bits per heavy atom. The molecule has 4 aliphatic rings. The molecule has 2 N–H and O–H groups in total.